The van der Waals surface area contributed by atoms with E-state index in [9.17, 15) is 14.0 Å². The predicted molar refractivity (Wildman–Crippen MR) is 54.9 cm³/mol. The third-order valence-corrected chi connectivity index (χ3v) is 3.08. The van der Waals surface area contributed by atoms with Crippen molar-refractivity contribution < 1.29 is 48.3 Å². The van der Waals surface area contributed by atoms with Crippen LogP contribution in [0.15, 0.2) is 18.2 Å². The van der Waals surface area contributed by atoms with Gasteiger partial charge in [-0.3, -0.25) is 10.1 Å². The van der Waals surface area contributed by atoms with Crippen LogP contribution >= 0.6 is 0 Å². The molecule has 2 N–H and O–H groups in total. The number of carbonyl (C=O) groups excluding carboxylic acids is 2. The Bertz CT molecular complexity index is 537. The van der Waals surface area contributed by atoms with Gasteiger partial charge in [0.05, 0.1) is 6.61 Å². The van der Waals surface area contributed by atoms with E-state index in [4.69, 9.17) is 4.74 Å². The molecule has 18 heavy (non-hydrogen) atoms. The van der Waals surface area contributed by atoms with E-state index in [1.165, 1.54) is 18.2 Å². The number of fused-ring (bicyclic) bond motifs is 2. The van der Waals surface area contributed by atoms with Gasteiger partial charge in [-0.15, -0.1) is 0 Å². The van der Waals surface area contributed by atoms with Gasteiger partial charge in [-0.25, -0.2) is 9.18 Å². The Morgan fingerprint density at radius 1 is 1.33 bits per heavy atom. The maximum Gasteiger partial charge on any atom is 1.00 e. The van der Waals surface area contributed by atoms with E-state index in [-0.39, 0.29) is 29.6 Å². The normalized spacial score (nSPS) is 24.7. The fraction of sp³-hybridized carbons (Fsp3) is 0.273. The molecule has 1 unspecified atom stereocenters. The van der Waals surface area contributed by atoms with Crippen molar-refractivity contribution >= 4 is 11.9 Å². The topological polar surface area (TPSA) is 67.4 Å². The van der Waals surface area contributed by atoms with Gasteiger partial charge < -0.3 is 10.1 Å². The molecule has 1 spiro atoms. The van der Waals surface area contributed by atoms with Crippen LogP contribution in [0.25, 0.3) is 0 Å². The molecule has 2 aliphatic rings. The Morgan fingerprint density at radius 2 is 2.11 bits per heavy atom. The molecule has 1 fully saturated rings. The molecule has 1 aromatic carbocycles. The first-order valence-corrected chi connectivity index (χ1v) is 5.18. The van der Waals surface area contributed by atoms with Crippen molar-refractivity contribution in [2.45, 2.75) is 12.0 Å². The number of halogens is 1. The minimum Gasteiger partial charge on any atom is -0.493 e. The van der Waals surface area contributed by atoms with Gasteiger partial charge >= 0.3 is 35.6 Å². The summed E-state index contributed by atoms with van der Waals surface area (Å²) in [5, 5.41) is 4.73. The van der Waals surface area contributed by atoms with Crippen LogP contribution in [0.3, 0.4) is 0 Å². The largest absolute Gasteiger partial charge is 1.00 e. The molecule has 0 saturated carbocycles. The number of ether oxygens (including phenoxy) is 1. The fourth-order valence-corrected chi connectivity index (χ4v) is 2.27. The summed E-state index contributed by atoms with van der Waals surface area (Å²) in [4.78, 5) is 23.1. The standard InChI is InChI=1S/C11H9FN2O3.Na/c12-6-1-2-8-7(5-6)11(3-4-17-8)9(15)13-10(16)14-11;/h1-2,5H,3-4H2,(H2,13,14,15,16);/q;+1. The molecule has 1 saturated heterocycles. The van der Waals surface area contributed by atoms with Crippen molar-refractivity contribution in [2.75, 3.05) is 6.61 Å². The first kappa shape index (κ1) is 13.3. The van der Waals surface area contributed by atoms with E-state index in [1.807, 2.05) is 0 Å². The molecule has 3 rings (SSSR count). The zero-order chi connectivity index (χ0) is 12.0. The molecule has 5 nitrogen and oxygen atoms in total. The summed E-state index contributed by atoms with van der Waals surface area (Å²) < 4.78 is 18.6. The Balaban J connectivity index is 0.00000120. The van der Waals surface area contributed by atoms with Gasteiger partial charge in [0.1, 0.15) is 11.6 Å². The van der Waals surface area contributed by atoms with E-state index in [0.717, 1.165) is 0 Å². The summed E-state index contributed by atoms with van der Waals surface area (Å²) in [5.74, 6) is -0.504. The van der Waals surface area contributed by atoms with E-state index in [1.54, 1.807) is 0 Å². The van der Waals surface area contributed by atoms with Crippen molar-refractivity contribution in [3.63, 3.8) is 0 Å². The quantitative estimate of drug-likeness (QED) is 0.405. The number of benzene rings is 1. The Labute approximate surface area is 124 Å². The minimum atomic E-state index is -1.19. The second-order valence-corrected chi connectivity index (χ2v) is 4.05. The monoisotopic (exact) mass is 259 g/mol. The number of hydrogen-bond acceptors (Lipinski definition) is 3. The summed E-state index contributed by atoms with van der Waals surface area (Å²) in [7, 11) is 0. The van der Waals surface area contributed by atoms with E-state index < -0.39 is 23.3 Å². The number of nitrogens with one attached hydrogen (secondary N) is 2. The van der Waals surface area contributed by atoms with Crippen LogP contribution in [0.5, 0.6) is 5.75 Å². The number of urea groups is 1. The van der Waals surface area contributed by atoms with Crippen molar-refractivity contribution in [3.05, 3.63) is 29.6 Å². The summed E-state index contributed by atoms with van der Waals surface area (Å²) >= 11 is 0. The van der Waals surface area contributed by atoms with Gasteiger partial charge in [0.15, 0.2) is 5.54 Å². The summed E-state index contributed by atoms with van der Waals surface area (Å²) in [6, 6.07) is 3.38. The van der Waals surface area contributed by atoms with E-state index >= 15 is 0 Å². The summed E-state index contributed by atoms with van der Waals surface area (Å²) in [5.41, 5.74) is -0.820. The van der Waals surface area contributed by atoms with Gasteiger partial charge in [0.25, 0.3) is 5.91 Å². The van der Waals surface area contributed by atoms with Gasteiger partial charge in [-0.05, 0) is 18.2 Å². The Hall–Kier alpha value is -1.11. The molecule has 1 atom stereocenters. The second kappa shape index (κ2) is 4.53. The van der Waals surface area contributed by atoms with Crippen LogP contribution in [0.2, 0.25) is 0 Å². The number of rotatable bonds is 0. The first-order chi connectivity index (χ1) is 8.12. The van der Waals surface area contributed by atoms with Crippen molar-refractivity contribution in [3.8, 4) is 5.75 Å². The molecular formula is C11H9FN2NaO3+. The molecule has 0 aliphatic carbocycles. The summed E-state index contributed by atoms with van der Waals surface area (Å²) in [6.07, 6.45) is 0.293. The van der Waals surface area contributed by atoms with Crippen LogP contribution in [0.1, 0.15) is 12.0 Å². The van der Waals surface area contributed by atoms with Gasteiger partial charge in [0, 0.05) is 12.0 Å². The smallest absolute Gasteiger partial charge is 0.493 e. The molecule has 1 aromatic rings. The molecule has 88 valence electrons. The second-order valence-electron chi connectivity index (χ2n) is 4.05. The maximum absolute atomic E-state index is 13.3. The number of imide groups is 1. The average molecular weight is 259 g/mol. The molecule has 0 aromatic heterocycles. The Morgan fingerprint density at radius 3 is 2.78 bits per heavy atom. The van der Waals surface area contributed by atoms with Crippen LogP contribution in [-0.2, 0) is 10.3 Å². The van der Waals surface area contributed by atoms with Crippen molar-refractivity contribution in [2.24, 2.45) is 0 Å². The first-order valence-electron chi connectivity index (χ1n) is 5.18. The molecular weight excluding hydrogens is 250 g/mol. The van der Waals surface area contributed by atoms with Gasteiger partial charge in [0.2, 0.25) is 0 Å². The minimum absolute atomic E-state index is 0. The zero-order valence-electron chi connectivity index (χ0n) is 9.75. The molecule has 0 radical (unpaired) electrons. The van der Waals surface area contributed by atoms with Crippen LogP contribution < -0.4 is 44.9 Å². The van der Waals surface area contributed by atoms with Crippen LogP contribution in [0, 0.1) is 5.82 Å². The van der Waals surface area contributed by atoms with Gasteiger partial charge in [-0.2, -0.15) is 0 Å². The number of carbonyl (C=O) groups is 2. The van der Waals surface area contributed by atoms with Crippen LogP contribution in [-0.4, -0.2) is 18.5 Å². The zero-order valence-corrected chi connectivity index (χ0v) is 11.7. The molecule has 3 amide bonds. The predicted octanol–water partition coefficient (Wildman–Crippen LogP) is -2.35. The maximum atomic E-state index is 13.3. The third kappa shape index (κ3) is 1.81. The fourth-order valence-electron chi connectivity index (χ4n) is 2.27. The molecule has 0 bridgehead atoms. The third-order valence-electron chi connectivity index (χ3n) is 3.08. The molecule has 2 heterocycles. The van der Waals surface area contributed by atoms with E-state index in [2.05, 4.69) is 10.6 Å². The molecule has 2 aliphatic heterocycles. The van der Waals surface area contributed by atoms with Crippen molar-refractivity contribution in [1.29, 1.82) is 0 Å². The average Bonchev–Trinajstić information content (AvgIpc) is 2.56. The summed E-state index contributed by atoms with van der Waals surface area (Å²) in [6.45, 7) is 0.298. The van der Waals surface area contributed by atoms with E-state index in [0.29, 0.717) is 24.3 Å². The number of hydrogen-bond donors (Lipinski definition) is 2. The van der Waals surface area contributed by atoms with Crippen LogP contribution in [0.4, 0.5) is 9.18 Å². The van der Waals surface area contributed by atoms with Crippen molar-refractivity contribution in [1.82, 2.24) is 10.6 Å². The van der Waals surface area contributed by atoms with Gasteiger partial charge in [-0.1, -0.05) is 0 Å². The SMILES string of the molecule is O=C1NC(=O)C2(CCOc3ccc(F)cc32)N1.[Na+]. The molecule has 7 heteroatoms. The Kier molecular flexibility index (Phi) is 3.35. The number of amides is 3.